The number of aromatic hydroxyl groups is 1. The number of fused-ring (bicyclic) bond motifs is 2. The number of phenols is 1. The Hall–Kier alpha value is -3.61. The lowest BCUT2D eigenvalue weighted by molar-refractivity contribution is 0.100. The number of rotatable bonds is 2. The van der Waals surface area contributed by atoms with Crippen molar-refractivity contribution in [3.8, 4) is 11.4 Å². The minimum atomic E-state index is -0.665. The Morgan fingerprint density at radius 1 is 1.12 bits per heavy atom. The maximum absolute atomic E-state index is 12.0. The first kappa shape index (κ1) is 14.9. The molecule has 0 radical (unpaired) electrons. The molecule has 0 aliphatic heterocycles. The van der Waals surface area contributed by atoms with E-state index in [1.165, 1.54) is 0 Å². The first-order valence-electron chi connectivity index (χ1n) is 7.64. The molecule has 7 nitrogen and oxygen atoms in total. The molecule has 0 saturated carbocycles. The molecule has 0 aliphatic carbocycles. The van der Waals surface area contributed by atoms with Crippen molar-refractivity contribution in [2.75, 3.05) is 5.73 Å². The number of nitrogen functional groups attached to an aromatic ring is 1. The number of aromatic nitrogens is 3. The number of para-hydroxylation sites is 2. The van der Waals surface area contributed by atoms with E-state index in [0.29, 0.717) is 27.9 Å². The molecule has 124 valence electrons. The van der Waals surface area contributed by atoms with Gasteiger partial charge in [-0.3, -0.25) is 9.36 Å². The lowest BCUT2D eigenvalue weighted by Gasteiger charge is -2.11. The van der Waals surface area contributed by atoms with Gasteiger partial charge < -0.3 is 16.6 Å². The van der Waals surface area contributed by atoms with Crippen molar-refractivity contribution in [1.82, 2.24) is 14.5 Å². The molecule has 4 rings (SSSR count). The van der Waals surface area contributed by atoms with E-state index >= 15 is 0 Å². The molecule has 0 spiro atoms. The summed E-state index contributed by atoms with van der Waals surface area (Å²) >= 11 is 0. The number of nitrogens with two attached hydrogens (primary N) is 2. The Bertz CT molecular complexity index is 1160. The van der Waals surface area contributed by atoms with E-state index in [1.807, 2.05) is 31.2 Å². The Morgan fingerprint density at radius 2 is 1.80 bits per heavy atom. The molecule has 0 saturated heterocycles. The van der Waals surface area contributed by atoms with Crippen molar-refractivity contribution in [3.05, 3.63) is 53.6 Å². The van der Waals surface area contributed by atoms with Gasteiger partial charge in [0.1, 0.15) is 22.6 Å². The Labute approximate surface area is 142 Å². The second kappa shape index (κ2) is 5.20. The maximum atomic E-state index is 12.0. The molecule has 25 heavy (non-hydrogen) atoms. The van der Waals surface area contributed by atoms with Crippen LogP contribution in [0.4, 0.5) is 5.82 Å². The maximum Gasteiger partial charge on any atom is 0.254 e. The normalized spacial score (nSPS) is 11.2. The Balaban J connectivity index is 2.18. The average molecular weight is 333 g/mol. The highest BCUT2D eigenvalue weighted by Gasteiger charge is 2.23. The largest absolute Gasteiger partial charge is 0.508 e. The van der Waals surface area contributed by atoms with Crippen LogP contribution < -0.4 is 11.5 Å². The number of amides is 1. The smallest absolute Gasteiger partial charge is 0.254 e. The molecule has 7 heteroatoms. The van der Waals surface area contributed by atoms with Crippen LogP contribution in [0.15, 0.2) is 42.5 Å². The quantitative estimate of drug-likeness (QED) is 0.520. The fourth-order valence-corrected chi connectivity index (χ4v) is 3.04. The van der Waals surface area contributed by atoms with E-state index in [9.17, 15) is 9.90 Å². The van der Waals surface area contributed by atoms with E-state index in [4.69, 9.17) is 11.5 Å². The molecule has 0 bridgehead atoms. The molecule has 1 amide bonds. The van der Waals surface area contributed by atoms with Gasteiger partial charge in [0.25, 0.3) is 5.91 Å². The van der Waals surface area contributed by atoms with Crippen LogP contribution in [-0.4, -0.2) is 25.5 Å². The molecule has 0 aliphatic rings. The summed E-state index contributed by atoms with van der Waals surface area (Å²) in [5.74, 6) is -0.350. The van der Waals surface area contributed by atoms with E-state index in [1.54, 1.807) is 22.8 Å². The van der Waals surface area contributed by atoms with Gasteiger partial charge in [0.05, 0.1) is 16.7 Å². The van der Waals surface area contributed by atoms with Gasteiger partial charge in [-0.15, -0.1) is 0 Å². The minimum absolute atomic E-state index is 0.140. The van der Waals surface area contributed by atoms with Crippen molar-refractivity contribution < 1.29 is 9.90 Å². The number of primary amides is 1. The van der Waals surface area contributed by atoms with Gasteiger partial charge >= 0.3 is 0 Å². The van der Waals surface area contributed by atoms with Gasteiger partial charge in [-0.2, -0.15) is 0 Å². The molecule has 2 aromatic heterocycles. The fourth-order valence-electron chi connectivity index (χ4n) is 3.04. The van der Waals surface area contributed by atoms with Crippen LogP contribution in [0.25, 0.3) is 27.9 Å². The van der Waals surface area contributed by atoms with Crippen LogP contribution >= 0.6 is 0 Å². The van der Waals surface area contributed by atoms with Gasteiger partial charge in [-0.1, -0.05) is 12.1 Å². The second-order valence-corrected chi connectivity index (χ2v) is 5.82. The van der Waals surface area contributed by atoms with Crippen LogP contribution in [-0.2, 0) is 0 Å². The van der Waals surface area contributed by atoms with Gasteiger partial charge in [0, 0.05) is 0 Å². The highest BCUT2D eigenvalue weighted by atomic mass is 16.3. The van der Waals surface area contributed by atoms with Crippen molar-refractivity contribution in [2.24, 2.45) is 5.73 Å². The van der Waals surface area contributed by atoms with Crippen LogP contribution in [0.3, 0.4) is 0 Å². The molecule has 0 atom stereocenters. The van der Waals surface area contributed by atoms with Crippen LogP contribution in [0, 0.1) is 6.92 Å². The lowest BCUT2D eigenvalue weighted by atomic mass is 10.2. The number of nitrogens with zero attached hydrogens (tertiary/aromatic N) is 3. The van der Waals surface area contributed by atoms with Crippen LogP contribution in [0.2, 0.25) is 0 Å². The fraction of sp³-hybridized carbons (Fsp3) is 0.0556. The molecule has 4 aromatic rings. The molecule has 2 heterocycles. The number of anilines is 1. The van der Waals surface area contributed by atoms with Gasteiger partial charge in [-0.05, 0) is 42.8 Å². The molecule has 0 unspecified atom stereocenters. The second-order valence-electron chi connectivity index (χ2n) is 5.82. The summed E-state index contributed by atoms with van der Waals surface area (Å²) in [6.07, 6.45) is 0. The number of carbonyl (C=O) groups excluding carboxylic acids is 1. The standard InChI is InChI=1S/C18H15N5O2/c1-9-8-10(24)6-7-13(9)23-16(19)14(17(20)25)15-18(23)22-12-5-3-2-4-11(12)21-15/h2-8,24H,19H2,1H3,(H2,20,25). The van der Waals surface area contributed by atoms with Crippen molar-refractivity contribution in [3.63, 3.8) is 0 Å². The SMILES string of the molecule is Cc1cc(O)ccc1-n1c(N)c(C(N)=O)c2nc3ccccc3nc21. The van der Waals surface area contributed by atoms with E-state index in [0.717, 1.165) is 5.56 Å². The highest BCUT2D eigenvalue weighted by Crippen LogP contribution is 2.32. The number of aryl methyl sites for hydroxylation is 1. The van der Waals surface area contributed by atoms with Crippen molar-refractivity contribution in [2.45, 2.75) is 6.92 Å². The summed E-state index contributed by atoms with van der Waals surface area (Å²) in [4.78, 5) is 21.1. The first-order valence-corrected chi connectivity index (χ1v) is 7.64. The van der Waals surface area contributed by atoms with Gasteiger partial charge in [0.15, 0.2) is 5.65 Å². The zero-order valence-electron chi connectivity index (χ0n) is 13.4. The average Bonchev–Trinajstić information content (AvgIpc) is 2.84. The number of phenolic OH excluding ortho intramolecular Hbond substituents is 1. The summed E-state index contributed by atoms with van der Waals surface area (Å²) < 4.78 is 1.64. The molecule has 0 fully saturated rings. The lowest BCUT2D eigenvalue weighted by Crippen LogP contribution is -2.14. The molecule has 5 N–H and O–H groups in total. The predicted octanol–water partition coefficient (Wildman–Crippen LogP) is 2.27. The van der Waals surface area contributed by atoms with E-state index in [2.05, 4.69) is 9.97 Å². The third-order valence-electron chi connectivity index (χ3n) is 4.17. The molecule has 2 aromatic carbocycles. The van der Waals surface area contributed by atoms with Crippen molar-refractivity contribution >= 4 is 33.9 Å². The van der Waals surface area contributed by atoms with Crippen molar-refractivity contribution in [1.29, 1.82) is 0 Å². The van der Waals surface area contributed by atoms with Gasteiger partial charge in [0.2, 0.25) is 0 Å². The molecular formula is C18H15N5O2. The predicted molar refractivity (Wildman–Crippen MR) is 95.7 cm³/mol. The number of benzene rings is 2. The summed E-state index contributed by atoms with van der Waals surface area (Å²) in [6, 6.07) is 12.2. The number of carbonyl (C=O) groups is 1. The van der Waals surface area contributed by atoms with Gasteiger partial charge in [-0.25, -0.2) is 9.97 Å². The third kappa shape index (κ3) is 2.17. The topological polar surface area (TPSA) is 120 Å². The zero-order chi connectivity index (χ0) is 17.7. The summed E-state index contributed by atoms with van der Waals surface area (Å²) in [5, 5.41) is 9.66. The summed E-state index contributed by atoms with van der Waals surface area (Å²) in [6.45, 7) is 1.83. The Morgan fingerprint density at radius 3 is 2.44 bits per heavy atom. The highest BCUT2D eigenvalue weighted by molar-refractivity contribution is 6.10. The van der Waals surface area contributed by atoms with Crippen LogP contribution in [0.1, 0.15) is 15.9 Å². The van der Waals surface area contributed by atoms with Crippen LogP contribution in [0.5, 0.6) is 5.75 Å². The van der Waals surface area contributed by atoms with E-state index in [-0.39, 0.29) is 17.1 Å². The monoisotopic (exact) mass is 333 g/mol. The first-order chi connectivity index (χ1) is 12.0. The molecular weight excluding hydrogens is 318 g/mol. The van der Waals surface area contributed by atoms with E-state index < -0.39 is 5.91 Å². The zero-order valence-corrected chi connectivity index (χ0v) is 13.4. The Kier molecular flexibility index (Phi) is 3.11. The number of hydrogen-bond acceptors (Lipinski definition) is 5. The third-order valence-corrected chi connectivity index (χ3v) is 4.17. The summed E-state index contributed by atoms with van der Waals surface area (Å²) in [5.41, 5.74) is 15.5. The minimum Gasteiger partial charge on any atom is -0.508 e. The summed E-state index contributed by atoms with van der Waals surface area (Å²) in [7, 11) is 0. The number of hydrogen-bond donors (Lipinski definition) is 3.